The molecule has 0 bridgehead atoms. The molecule has 0 saturated carbocycles. The first kappa shape index (κ1) is 15.3. The van der Waals surface area contributed by atoms with E-state index in [2.05, 4.69) is 10.1 Å². The predicted molar refractivity (Wildman–Crippen MR) is 97.1 cm³/mol. The van der Waals surface area contributed by atoms with Crippen LogP contribution in [0.1, 0.15) is 10.5 Å². The normalized spacial score (nSPS) is 10.7. The van der Waals surface area contributed by atoms with Gasteiger partial charge in [0.05, 0.1) is 11.4 Å². The molecular formula is C19H13N3O2S. The van der Waals surface area contributed by atoms with E-state index >= 15 is 0 Å². The minimum absolute atomic E-state index is 0.0239. The summed E-state index contributed by atoms with van der Waals surface area (Å²) in [6.07, 6.45) is 0. The molecule has 0 amide bonds. The first-order valence-corrected chi connectivity index (χ1v) is 8.50. The van der Waals surface area contributed by atoms with Gasteiger partial charge < -0.3 is 5.11 Å². The summed E-state index contributed by atoms with van der Waals surface area (Å²) in [6, 6.07) is 21.7. The fraction of sp³-hybridized carbons (Fsp3) is 0. The standard InChI is InChI=1S/C19H13N3O2S/c23-18(24)16-12-25-19(20-16)22-17(14-9-5-2-6-10-14)11-15(21-22)13-7-3-1-4-8-13/h1-12H,(H,23,24). The zero-order chi connectivity index (χ0) is 17.2. The highest BCUT2D eigenvalue weighted by Gasteiger charge is 2.17. The summed E-state index contributed by atoms with van der Waals surface area (Å²) in [6.45, 7) is 0. The minimum Gasteiger partial charge on any atom is -0.476 e. The number of rotatable bonds is 4. The van der Waals surface area contributed by atoms with E-state index in [1.54, 1.807) is 4.68 Å². The van der Waals surface area contributed by atoms with Gasteiger partial charge in [0.2, 0.25) is 5.13 Å². The highest BCUT2D eigenvalue weighted by Crippen LogP contribution is 2.29. The van der Waals surface area contributed by atoms with Crippen LogP contribution in [0.3, 0.4) is 0 Å². The van der Waals surface area contributed by atoms with Gasteiger partial charge in [0.1, 0.15) is 0 Å². The Bertz CT molecular complexity index is 1020. The van der Waals surface area contributed by atoms with Gasteiger partial charge in [-0.15, -0.1) is 11.3 Å². The Morgan fingerprint density at radius 2 is 1.60 bits per heavy atom. The second kappa shape index (κ2) is 6.33. The van der Waals surface area contributed by atoms with Crippen LogP contribution in [0.25, 0.3) is 27.6 Å². The molecule has 2 heterocycles. The Morgan fingerprint density at radius 3 is 2.20 bits per heavy atom. The maximum atomic E-state index is 11.1. The Hall–Kier alpha value is -3.25. The van der Waals surface area contributed by atoms with Crippen molar-refractivity contribution >= 4 is 17.3 Å². The molecule has 5 nitrogen and oxygen atoms in total. The van der Waals surface area contributed by atoms with Crippen molar-refractivity contribution in [3.8, 4) is 27.6 Å². The van der Waals surface area contributed by atoms with Crippen LogP contribution < -0.4 is 0 Å². The molecule has 2 aromatic carbocycles. The van der Waals surface area contributed by atoms with Crippen LogP contribution in [0.15, 0.2) is 72.1 Å². The van der Waals surface area contributed by atoms with Gasteiger partial charge in [0.25, 0.3) is 0 Å². The lowest BCUT2D eigenvalue weighted by molar-refractivity contribution is 0.0691. The van der Waals surface area contributed by atoms with Gasteiger partial charge in [0.15, 0.2) is 5.69 Å². The van der Waals surface area contributed by atoms with Crippen LogP contribution in [0.4, 0.5) is 0 Å². The number of thiazole rings is 1. The lowest BCUT2D eigenvalue weighted by Crippen LogP contribution is -2.01. The third-order valence-electron chi connectivity index (χ3n) is 3.74. The van der Waals surface area contributed by atoms with Crippen molar-refractivity contribution in [2.75, 3.05) is 0 Å². The first-order chi connectivity index (χ1) is 12.2. The maximum absolute atomic E-state index is 11.1. The Kier molecular flexibility index (Phi) is 3.87. The summed E-state index contributed by atoms with van der Waals surface area (Å²) in [4.78, 5) is 15.3. The number of hydrogen-bond acceptors (Lipinski definition) is 4. The molecule has 122 valence electrons. The maximum Gasteiger partial charge on any atom is 0.355 e. The Morgan fingerprint density at radius 1 is 0.960 bits per heavy atom. The molecule has 0 aliphatic carbocycles. The number of aromatic nitrogens is 3. The fourth-order valence-electron chi connectivity index (χ4n) is 2.55. The molecule has 0 aliphatic heterocycles. The third kappa shape index (κ3) is 2.95. The van der Waals surface area contributed by atoms with E-state index in [0.29, 0.717) is 5.13 Å². The summed E-state index contributed by atoms with van der Waals surface area (Å²) in [5.74, 6) is -1.04. The van der Waals surface area contributed by atoms with E-state index in [-0.39, 0.29) is 5.69 Å². The molecule has 0 saturated heterocycles. The van der Waals surface area contributed by atoms with Crippen LogP contribution in [0.5, 0.6) is 0 Å². The summed E-state index contributed by atoms with van der Waals surface area (Å²) in [5.41, 5.74) is 3.69. The van der Waals surface area contributed by atoms with Crippen LogP contribution in [-0.2, 0) is 0 Å². The Labute approximate surface area is 147 Å². The van der Waals surface area contributed by atoms with Gasteiger partial charge in [0, 0.05) is 16.5 Å². The number of aromatic carboxylic acids is 1. The summed E-state index contributed by atoms with van der Waals surface area (Å²) >= 11 is 1.26. The van der Waals surface area contributed by atoms with Crippen molar-refractivity contribution in [3.05, 3.63) is 77.8 Å². The van der Waals surface area contributed by atoms with Gasteiger partial charge in [-0.2, -0.15) is 5.10 Å². The monoisotopic (exact) mass is 347 g/mol. The van der Waals surface area contributed by atoms with Gasteiger partial charge >= 0.3 is 5.97 Å². The largest absolute Gasteiger partial charge is 0.476 e. The Balaban J connectivity index is 1.89. The van der Waals surface area contributed by atoms with E-state index in [1.807, 2.05) is 66.7 Å². The van der Waals surface area contributed by atoms with Crippen molar-refractivity contribution in [2.24, 2.45) is 0 Å². The van der Waals surface area contributed by atoms with Crippen molar-refractivity contribution in [2.45, 2.75) is 0 Å². The molecule has 2 aromatic heterocycles. The van der Waals surface area contributed by atoms with Crippen LogP contribution in [0.2, 0.25) is 0 Å². The van der Waals surface area contributed by atoms with Crippen LogP contribution in [0, 0.1) is 0 Å². The number of nitrogens with zero attached hydrogens (tertiary/aromatic N) is 3. The second-order valence-electron chi connectivity index (χ2n) is 5.38. The van der Waals surface area contributed by atoms with Gasteiger partial charge in [-0.1, -0.05) is 60.7 Å². The fourth-order valence-corrected chi connectivity index (χ4v) is 3.31. The zero-order valence-electron chi connectivity index (χ0n) is 13.0. The van der Waals surface area contributed by atoms with Gasteiger partial charge in [-0.25, -0.2) is 14.5 Å². The molecule has 0 radical (unpaired) electrons. The quantitative estimate of drug-likeness (QED) is 0.595. The van der Waals surface area contributed by atoms with E-state index in [4.69, 9.17) is 5.11 Å². The molecule has 0 aliphatic rings. The highest BCUT2D eigenvalue weighted by molar-refractivity contribution is 7.12. The van der Waals surface area contributed by atoms with Crippen molar-refractivity contribution in [3.63, 3.8) is 0 Å². The number of carboxylic acids is 1. The average Bonchev–Trinajstić information content (AvgIpc) is 3.30. The lowest BCUT2D eigenvalue weighted by atomic mass is 10.1. The molecule has 4 aromatic rings. The predicted octanol–water partition coefficient (Wildman–Crippen LogP) is 4.36. The summed E-state index contributed by atoms with van der Waals surface area (Å²) < 4.78 is 1.70. The van der Waals surface area contributed by atoms with E-state index < -0.39 is 5.97 Å². The third-order valence-corrected chi connectivity index (χ3v) is 4.56. The van der Waals surface area contributed by atoms with Crippen molar-refractivity contribution in [1.29, 1.82) is 0 Å². The molecule has 6 heteroatoms. The summed E-state index contributed by atoms with van der Waals surface area (Å²) in [7, 11) is 0. The first-order valence-electron chi connectivity index (χ1n) is 7.62. The van der Waals surface area contributed by atoms with E-state index in [9.17, 15) is 4.79 Å². The van der Waals surface area contributed by atoms with Gasteiger partial charge in [-0.3, -0.25) is 0 Å². The second-order valence-corrected chi connectivity index (χ2v) is 6.22. The lowest BCUT2D eigenvalue weighted by Gasteiger charge is -2.03. The van der Waals surface area contributed by atoms with Crippen molar-refractivity contribution < 1.29 is 9.90 Å². The number of hydrogen-bond donors (Lipinski definition) is 1. The molecule has 0 fully saturated rings. The molecule has 0 spiro atoms. The summed E-state index contributed by atoms with van der Waals surface area (Å²) in [5, 5.41) is 15.9. The van der Waals surface area contributed by atoms with Crippen molar-refractivity contribution in [1.82, 2.24) is 14.8 Å². The van der Waals surface area contributed by atoms with Crippen LogP contribution in [-0.4, -0.2) is 25.8 Å². The number of carboxylic acid groups (broad SMARTS) is 1. The molecule has 4 rings (SSSR count). The number of benzene rings is 2. The topological polar surface area (TPSA) is 68.0 Å². The molecule has 0 unspecified atom stereocenters. The minimum atomic E-state index is -1.04. The van der Waals surface area contributed by atoms with E-state index in [1.165, 1.54) is 16.7 Å². The SMILES string of the molecule is O=C(O)c1csc(-n2nc(-c3ccccc3)cc2-c2ccccc2)n1. The van der Waals surface area contributed by atoms with E-state index in [0.717, 1.165) is 22.5 Å². The molecule has 1 N–H and O–H groups in total. The smallest absolute Gasteiger partial charge is 0.355 e. The van der Waals surface area contributed by atoms with Crippen LogP contribution >= 0.6 is 11.3 Å². The zero-order valence-corrected chi connectivity index (χ0v) is 13.9. The average molecular weight is 347 g/mol. The number of carbonyl (C=O) groups is 1. The molecule has 25 heavy (non-hydrogen) atoms. The van der Waals surface area contributed by atoms with Gasteiger partial charge in [-0.05, 0) is 6.07 Å². The highest BCUT2D eigenvalue weighted by atomic mass is 32.1. The molecule has 0 atom stereocenters. The molecular weight excluding hydrogens is 334 g/mol.